The number of benzene rings is 1. The van der Waals surface area contributed by atoms with Crippen molar-refractivity contribution in [3.63, 3.8) is 0 Å². The molecule has 0 unspecified atom stereocenters. The molecule has 6 heteroatoms. The van der Waals surface area contributed by atoms with E-state index in [0.717, 1.165) is 33.6 Å². The van der Waals surface area contributed by atoms with Gasteiger partial charge in [-0.05, 0) is 24.5 Å². The second-order valence-corrected chi connectivity index (χ2v) is 6.77. The molecule has 0 saturated carbocycles. The summed E-state index contributed by atoms with van der Waals surface area (Å²) in [4.78, 5) is 12.1. The van der Waals surface area contributed by atoms with Crippen molar-refractivity contribution in [2.45, 2.75) is 20.3 Å². The van der Waals surface area contributed by atoms with Gasteiger partial charge in [0.1, 0.15) is 16.5 Å². The van der Waals surface area contributed by atoms with Crippen molar-refractivity contribution in [1.82, 2.24) is 9.97 Å². The highest BCUT2D eigenvalue weighted by Crippen LogP contribution is 2.38. The molecule has 3 rings (SSSR count). The Kier molecular flexibility index (Phi) is 5.63. The van der Waals surface area contributed by atoms with E-state index < -0.39 is 0 Å². The maximum absolute atomic E-state index is 9.40. The van der Waals surface area contributed by atoms with E-state index in [1.165, 1.54) is 5.56 Å². The molecule has 0 aliphatic rings. The quantitative estimate of drug-likeness (QED) is 0.680. The standard InChI is InChI=1S/C19H23N3O2S/c1-3-14-4-6-15(7-5-14)16-12-25-19-17(16)18(20-13(2)21-19)22(8-10-23)9-11-24/h4-7,12,23-24H,3,8-11H2,1-2H3. The van der Waals surface area contributed by atoms with E-state index in [1.54, 1.807) is 11.3 Å². The van der Waals surface area contributed by atoms with Gasteiger partial charge in [0.05, 0.1) is 18.6 Å². The number of nitrogens with zero attached hydrogens (tertiary/aromatic N) is 3. The van der Waals surface area contributed by atoms with Gasteiger partial charge in [0.25, 0.3) is 0 Å². The van der Waals surface area contributed by atoms with Crippen molar-refractivity contribution in [3.8, 4) is 11.1 Å². The fourth-order valence-corrected chi connectivity index (χ4v) is 3.94. The predicted molar refractivity (Wildman–Crippen MR) is 103 cm³/mol. The highest BCUT2D eigenvalue weighted by Gasteiger charge is 2.18. The van der Waals surface area contributed by atoms with E-state index in [9.17, 15) is 10.2 Å². The summed E-state index contributed by atoms with van der Waals surface area (Å²) in [6, 6.07) is 8.55. The number of thiophene rings is 1. The SMILES string of the molecule is CCc1ccc(-c2csc3nc(C)nc(N(CCO)CCO)c23)cc1. The number of aliphatic hydroxyl groups excluding tert-OH is 2. The third-order valence-electron chi connectivity index (χ3n) is 4.24. The van der Waals surface area contributed by atoms with Crippen LogP contribution in [0.15, 0.2) is 29.6 Å². The van der Waals surface area contributed by atoms with Gasteiger partial charge in [0, 0.05) is 24.0 Å². The van der Waals surface area contributed by atoms with Gasteiger partial charge < -0.3 is 15.1 Å². The van der Waals surface area contributed by atoms with Gasteiger partial charge in [0.2, 0.25) is 0 Å². The number of anilines is 1. The molecule has 132 valence electrons. The van der Waals surface area contributed by atoms with Gasteiger partial charge in [-0.1, -0.05) is 31.2 Å². The maximum Gasteiger partial charge on any atom is 0.141 e. The first kappa shape index (κ1) is 17.8. The van der Waals surface area contributed by atoms with Gasteiger partial charge in [0.15, 0.2) is 0 Å². The molecule has 3 aromatic rings. The molecule has 2 heterocycles. The number of hydrogen-bond donors (Lipinski definition) is 2. The Morgan fingerprint density at radius 1 is 1.04 bits per heavy atom. The minimum atomic E-state index is 0.00914. The van der Waals surface area contributed by atoms with E-state index in [4.69, 9.17) is 0 Å². The lowest BCUT2D eigenvalue weighted by Crippen LogP contribution is -2.30. The Morgan fingerprint density at radius 2 is 1.72 bits per heavy atom. The predicted octanol–water partition coefficient (Wildman–Crippen LogP) is 3.02. The summed E-state index contributed by atoms with van der Waals surface area (Å²) in [6.45, 7) is 4.89. The molecule has 0 fully saturated rings. The molecule has 0 amide bonds. The number of aryl methyl sites for hydroxylation is 2. The van der Waals surface area contributed by atoms with Crippen molar-refractivity contribution in [2.75, 3.05) is 31.2 Å². The summed E-state index contributed by atoms with van der Waals surface area (Å²) in [6.07, 6.45) is 1.01. The first-order valence-corrected chi connectivity index (χ1v) is 9.37. The van der Waals surface area contributed by atoms with Gasteiger partial charge in [-0.2, -0.15) is 0 Å². The molecule has 2 N–H and O–H groups in total. The van der Waals surface area contributed by atoms with Crippen LogP contribution < -0.4 is 4.90 Å². The second kappa shape index (κ2) is 7.91. The van der Waals surface area contributed by atoms with Gasteiger partial charge in [-0.15, -0.1) is 11.3 Å². The van der Waals surface area contributed by atoms with E-state index in [2.05, 4.69) is 46.5 Å². The Bertz CT molecular complexity index is 840. The lowest BCUT2D eigenvalue weighted by molar-refractivity contribution is 0.281. The summed E-state index contributed by atoms with van der Waals surface area (Å²) in [5, 5.41) is 21.9. The van der Waals surface area contributed by atoms with Crippen LogP contribution >= 0.6 is 11.3 Å². The maximum atomic E-state index is 9.40. The third-order valence-corrected chi connectivity index (χ3v) is 5.11. The zero-order valence-electron chi connectivity index (χ0n) is 14.6. The molecule has 0 aliphatic heterocycles. The van der Waals surface area contributed by atoms with Crippen LogP contribution in [0.4, 0.5) is 5.82 Å². The lowest BCUT2D eigenvalue weighted by atomic mass is 10.0. The number of hydrogen-bond acceptors (Lipinski definition) is 6. The largest absolute Gasteiger partial charge is 0.395 e. The Balaban J connectivity index is 2.16. The molecule has 0 radical (unpaired) electrons. The fourth-order valence-electron chi connectivity index (χ4n) is 2.95. The molecule has 0 bridgehead atoms. The smallest absolute Gasteiger partial charge is 0.141 e. The monoisotopic (exact) mass is 357 g/mol. The second-order valence-electron chi connectivity index (χ2n) is 5.91. The van der Waals surface area contributed by atoms with Crippen LogP contribution in [0.3, 0.4) is 0 Å². The first-order chi connectivity index (χ1) is 12.2. The molecule has 2 aromatic heterocycles. The van der Waals surface area contributed by atoms with E-state index in [-0.39, 0.29) is 13.2 Å². The topological polar surface area (TPSA) is 69.5 Å². The van der Waals surface area contributed by atoms with Crippen molar-refractivity contribution in [3.05, 3.63) is 41.0 Å². The van der Waals surface area contributed by atoms with Crippen LogP contribution in [0.2, 0.25) is 0 Å². The van der Waals surface area contributed by atoms with Crippen LogP contribution in [0.1, 0.15) is 18.3 Å². The molecular formula is C19H23N3O2S. The van der Waals surface area contributed by atoms with Crippen LogP contribution in [0, 0.1) is 6.92 Å². The minimum Gasteiger partial charge on any atom is -0.395 e. The number of rotatable bonds is 7. The summed E-state index contributed by atoms with van der Waals surface area (Å²) in [5.41, 5.74) is 3.53. The van der Waals surface area contributed by atoms with Gasteiger partial charge in [-0.3, -0.25) is 0 Å². The average molecular weight is 357 g/mol. The molecule has 25 heavy (non-hydrogen) atoms. The normalized spacial score (nSPS) is 11.2. The summed E-state index contributed by atoms with van der Waals surface area (Å²) in [7, 11) is 0. The average Bonchev–Trinajstić information content (AvgIpc) is 3.04. The minimum absolute atomic E-state index is 0.00914. The van der Waals surface area contributed by atoms with Crippen LogP contribution in [0.25, 0.3) is 21.3 Å². The van der Waals surface area contributed by atoms with E-state index in [0.29, 0.717) is 18.9 Å². The fraction of sp³-hybridized carbons (Fsp3) is 0.368. The molecule has 0 aliphatic carbocycles. The zero-order valence-corrected chi connectivity index (χ0v) is 15.4. The lowest BCUT2D eigenvalue weighted by Gasteiger charge is -2.23. The summed E-state index contributed by atoms with van der Waals surface area (Å²) in [5.74, 6) is 1.47. The van der Waals surface area contributed by atoms with Crippen LogP contribution in [-0.4, -0.2) is 46.5 Å². The Morgan fingerprint density at radius 3 is 2.32 bits per heavy atom. The van der Waals surface area contributed by atoms with Crippen LogP contribution in [-0.2, 0) is 6.42 Å². The summed E-state index contributed by atoms with van der Waals surface area (Å²) >= 11 is 1.60. The number of fused-ring (bicyclic) bond motifs is 1. The Labute approximate surface area is 151 Å². The van der Waals surface area contributed by atoms with Crippen molar-refractivity contribution < 1.29 is 10.2 Å². The zero-order chi connectivity index (χ0) is 17.8. The van der Waals surface area contributed by atoms with Crippen molar-refractivity contribution in [2.24, 2.45) is 0 Å². The molecule has 0 saturated heterocycles. The van der Waals surface area contributed by atoms with Crippen molar-refractivity contribution >= 4 is 27.4 Å². The molecule has 0 spiro atoms. The van der Waals surface area contributed by atoms with E-state index in [1.807, 2.05) is 11.8 Å². The van der Waals surface area contributed by atoms with Crippen LogP contribution in [0.5, 0.6) is 0 Å². The molecular weight excluding hydrogens is 334 g/mol. The van der Waals surface area contributed by atoms with Crippen molar-refractivity contribution in [1.29, 1.82) is 0 Å². The molecule has 0 atom stereocenters. The first-order valence-electron chi connectivity index (χ1n) is 8.49. The molecule has 5 nitrogen and oxygen atoms in total. The third kappa shape index (κ3) is 3.66. The number of aromatic nitrogens is 2. The molecule has 1 aromatic carbocycles. The Hall–Kier alpha value is -2.02. The summed E-state index contributed by atoms with van der Waals surface area (Å²) < 4.78 is 0. The highest BCUT2D eigenvalue weighted by atomic mass is 32.1. The van der Waals surface area contributed by atoms with Gasteiger partial charge >= 0.3 is 0 Å². The van der Waals surface area contributed by atoms with Gasteiger partial charge in [-0.25, -0.2) is 9.97 Å². The van der Waals surface area contributed by atoms with E-state index >= 15 is 0 Å². The highest BCUT2D eigenvalue weighted by molar-refractivity contribution is 7.17. The number of aliphatic hydroxyl groups is 2.